The molecular formula is C21H20N6. The van der Waals surface area contributed by atoms with Gasteiger partial charge in [0.2, 0.25) is 0 Å². The molecule has 0 amide bonds. The van der Waals surface area contributed by atoms with E-state index in [-0.39, 0.29) is 0 Å². The molecule has 0 bridgehead atoms. The average Bonchev–Trinajstić information content (AvgIpc) is 3.18. The second kappa shape index (κ2) is 7.94. The minimum atomic E-state index is 0.299. The topological polar surface area (TPSA) is 77.7 Å². The monoisotopic (exact) mass is 356 g/mol. The number of nitriles is 1. The lowest BCUT2D eigenvalue weighted by molar-refractivity contribution is 0.241. The van der Waals surface area contributed by atoms with Crippen LogP contribution in [0.25, 0.3) is 0 Å². The molecule has 0 saturated carbocycles. The lowest BCUT2D eigenvalue weighted by atomic mass is 10.1. The van der Waals surface area contributed by atoms with Crippen molar-refractivity contribution >= 4 is 11.5 Å². The van der Waals surface area contributed by atoms with Gasteiger partial charge in [-0.15, -0.1) is 0 Å². The number of hydrogen-bond donors (Lipinski definition) is 1. The van der Waals surface area contributed by atoms with E-state index in [4.69, 9.17) is 10.2 Å². The Hall–Kier alpha value is -3.30. The first-order valence-corrected chi connectivity index (χ1v) is 9.06. The van der Waals surface area contributed by atoms with Crippen molar-refractivity contribution in [2.75, 3.05) is 11.9 Å². The Bertz CT molecular complexity index is 933. The lowest BCUT2D eigenvalue weighted by Gasteiger charge is -2.24. The van der Waals surface area contributed by atoms with Crippen molar-refractivity contribution < 1.29 is 0 Å². The van der Waals surface area contributed by atoms with Crippen molar-refractivity contribution in [3.63, 3.8) is 0 Å². The summed E-state index contributed by atoms with van der Waals surface area (Å²) in [6, 6.07) is 18.0. The van der Waals surface area contributed by atoms with Gasteiger partial charge in [-0.1, -0.05) is 12.1 Å². The van der Waals surface area contributed by atoms with Crippen LogP contribution >= 0.6 is 0 Å². The number of nitrogens with zero attached hydrogens (tertiary/aromatic N) is 5. The molecule has 6 nitrogen and oxygen atoms in total. The summed E-state index contributed by atoms with van der Waals surface area (Å²) in [5.74, 6) is 0.781. The Morgan fingerprint density at radius 3 is 2.85 bits per heavy atom. The van der Waals surface area contributed by atoms with Crippen molar-refractivity contribution in [2.45, 2.75) is 25.4 Å². The molecule has 27 heavy (non-hydrogen) atoms. The van der Waals surface area contributed by atoms with E-state index >= 15 is 0 Å². The van der Waals surface area contributed by atoms with Gasteiger partial charge in [-0.25, -0.2) is 9.97 Å². The van der Waals surface area contributed by atoms with Gasteiger partial charge in [0.05, 0.1) is 29.3 Å². The molecule has 3 aromatic rings. The fourth-order valence-corrected chi connectivity index (χ4v) is 3.44. The van der Waals surface area contributed by atoms with Crippen molar-refractivity contribution in [3.8, 4) is 6.07 Å². The molecule has 1 unspecified atom stereocenters. The van der Waals surface area contributed by atoms with Gasteiger partial charge >= 0.3 is 0 Å². The fourth-order valence-electron chi connectivity index (χ4n) is 3.44. The van der Waals surface area contributed by atoms with E-state index in [0.717, 1.165) is 48.8 Å². The summed E-state index contributed by atoms with van der Waals surface area (Å²) >= 11 is 0. The number of pyridine rings is 3. The quantitative estimate of drug-likeness (QED) is 0.749. The van der Waals surface area contributed by atoms with Gasteiger partial charge in [0.25, 0.3) is 0 Å². The number of hydrogen-bond acceptors (Lipinski definition) is 6. The largest absolute Gasteiger partial charge is 0.339 e. The van der Waals surface area contributed by atoms with Crippen LogP contribution in [0.15, 0.2) is 60.9 Å². The zero-order chi connectivity index (χ0) is 18.5. The molecule has 0 radical (unpaired) electrons. The zero-order valence-electron chi connectivity index (χ0n) is 14.9. The molecule has 1 N–H and O–H groups in total. The molecule has 1 saturated heterocycles. The zero-order valence-corrected chi connectivity index (χ0v) is 14.9. The highest BCUT2D eigenvalue weighted by Gasteiger charge is 2.27. The van der Waals surface area contributed by atoms with Crippen molar-refractivity contribution in [3.05, 3.63) is 78.0 Å². The number of aromatic nitrogens is 3. The molecule has 1 fully saturated rings. The van der Waals surface area contributed by atoms with Crippen molar-refractivity contribution in [1.29, 1.82) is 5.26 Å². The Kier molecular flexibility index (Phi) is 5.04. The van der Waals surface area contributed by atoms with Crippen LogP contribution in [0, 0.1) is 11.3 Å². The van der Waals surface area contributed by atoms with Crippen LogP contribution in [0.2, 0.25) is 0 Å². The minimum absolute atomic E-state index is 0.299. The third-order valence-corrected chi connectivity index (χ3v) is 4.72. The van der Waals surface area contributed by atoms with Gasteiger partial charge in [-0.2, -0.15) is 5.26 Å². The molecule has 0 aromatic carbocycles. The van der Waals surface area contributed by atoms with Crippen LogP contribution in [0.3, 0.4) is 0 Å². The molecule has 1 atom stereocenters. The Labute approximate surface area is 158 Å². The molecule has 1 aliphatic rings. The third kappa shape index (κ3) is 4.10. The van der Waals surface area contributed by atoms with E-state index < -0.39 is 0 Å². The SMILES string of the molecule is N#Cc1ccc(Nc2cccc(C3CCCN3Cc3ccccn3)n2)cn1. The summed E-state index contributed by atoms with van der Waals surface area (Å²) in [5.41, 5.74) is 3.37. The molecule has 134 valence electrons. The average molecular weight is 356 g/mol. The molecule has 4 heterocycles. The first kappa shape index (κ1) is 17.1. The number of nitrogens with one attached hydrogen (secondary N) is 1. The Morgan fingerprint density at radius 1 is 1.11 bits per heavy atom. The van der Waals surface area contributed by atoms with E-state index in [1.807, 2.05) is 42.6 Å². The number of anilines is 2. The highest BCUT2D eigenvalue weighted by atomic mass is 15.2. The maximum atomic E-state index is 8.85. The number of rotatable bonds is 5. The maximum Gasteiger partial charge on any atom is 0.140 e. The molecule has 0 aliphatic carbocycles. The Morgan fingerprint density at radius 2 is 2.07 bits per heavy atom. The summed E-state index contributed by atoms with van der Waals surface area (Å²) in [7, 11) is 0. The van der Waals surface area contributed by atoms with Crippen molar-refractivity contribution in [2.24, 2.45) is 0 Å². The normalized spacial score (nSPS) is 16.8. The summed E-state index contributed by atoms with van der Waals surface area (Å²) in [5, 5.41) is 12.1. The second-order valence-corrected chi connectivity index (χ2v) is 6.57. The van der Waals surface area contributed by atoms with E-state index in [9.17, 15) is 0 Å². The highest BCUT2D eigenvalue weighted by Crippen LogP contribution is 2.32. The maximum absolute atomic E-state index is 8.85. The first-order chi connectivity index (χ1) is 13.3. The summed E-state index contributed by atoms with van der Waals surface area (Å²) in [4.78, 5) is 15.8. The van der Waals surface area contributed by atoms with Gasteiger partial charge in [0.15, 0.2) is 0 Å². The lowest BCUT2D eigenvalue weighted by Crippen LogP contribution is -2.24. The summed E-state index contributed by atoms with van der Waals surface area (Å²) in [6.45, 7) is 1.89. The molecule has 3 aromatic heterocycles. The van der Waals surface area contributed by atoms with Crippen LogP contribution in [-0.4, -0.2) is 26.4 Å². The number of likely N-dealkylation sites (tertiary alicyclic amines) is 1. The summed E-state index contributed by atoms with van der Waals surface area (Å²) < 4.78 is 0. The van der Waals surface area contributed by atoms with Crippen LogP contribution in [-0.2, 0) is 6.54 Å². The van der Waals surface area contributed by atoms with E-state index in [0.29, 0.717) is 11.7 Å². The molecule has 4 rings (SSSR count). The Balaban J connectivity index is 1.50. The van der Waals surface area contributed by atoms with Crippen LogP contribution < -0.4 is 5.32 Å². The van der Waals surface area contributed by atoms with Gasteiger partial charge in [0, 0.05) is 12.7 Å². The first-order valence-electron chi connectivity index (χ1n) is 9.06. The highest BCUT2D eigenvalue weighted by molar-refractivity contribution is 5.55. The van der Waals surface area contributed by atoms with Crippen LogP contribution in [0.5, 0.6) is 0 Å². The van der Waals surface area contributed by atoms with Gasteiger partial charge in [-0.3, -0.25) is 9.88 Å². The fraction of sp³-hybridized carbons (Fsp3) is 0.238. The third-order valence-electron chi connectivity index (χ3n) is 4.72. The van der Waals surface area contributed by atoms with Gasteiger partial charge < -0.3 is 5.32 Å². The molecule has 6 heteroatoms. The predicted molar refractivity (Wildman–Crippen MR) is 103 cm³/mol. The second-order valence-electron chi connectivity index (χ2n) is 6.57. The van der Waals surface area contributed by atoms with Crippen molar-refractivity contribution in [1.82, 2.24) is 19.9 Å². The van der Waals surface area contributed by atoms with E-state index in [1.165, 1.54) is 0 Å². The standard InChI is InChI=1S/C21H20N6/c22-13-16-9-10-17(14-24-16)25-21-8-3-6-19(26-21)20-7-4-12-27(20)15-18-5-1-2-11-23-18/h1-3,5-6,8-11,14,20H,4,7,12,15H2,(H,25,26). The molecular weight excluding hydrogens is 336 g/mol. The van der Waals surface area contributed by atoms with E-state index in [1.54, 1.807) is 12.3 Å². The predicted octanol–water partition coefficient (Wildman–Crippen LogP) is 3.82. The molecule has 1 aliphatic heterocycles. The summed E-state index contributed by atoms with van der Waals surface area (Å²) in [6.07, 6.45) is 5.75. The van der Waals surface area contributed by atoms with Gasteiger partial charge in [-0.05, 0) is 55.8 Å². The molecule has 0 spiro atoms. The smallest absolute Gasteiger partial charge is 0.140 e. The van der Waals surface area contributed by atoms with Crippen LogP contribution in [0.1, 0.15) is 36.0 Å². The van der Waals surface area contributed by atoms with Gasteiger partial charge in [0.1, 0.15) is 17.6 Å². The van der Waals surface area contributed by atoms with Crippen LogP contribution in [0.4, 0.5) is 11.5 Å². The van der Waals surface area contributed by atoms with E-state index in [2.05, 4.69) is 32.3 Å². The minimum Gasteiger partial charge on any atom is -0.339 e.